The second-order valence-corrected chi connectivity index (χ2v) is 5.57. The van der Waals surface area contributed by atoms with Gasteiger partial charge < -0.3 is 9.25 Å². The van der Waals surface area contributed by atoms with Crippen LogP contribution in [0.4, 0.5) is 0 Å². The van der Waals surface area contributed by atoms with Gasteiger partial charge in [0.2, 0.25) is 0 Å². The first kappa shape index (κ1) is 16.0. The van der Waals surface area contributed by atoms with Crippen LogP contribution >= 0.6 is 11.6 Å². The van der Waals surface area contributed by atoms with E-state index in [0.29, 0.717) is 27.4 Å². The number of benzene rings is 2. The molecule has 0 radical (unpaired) electrons. The third kappa shape index (κ3) is 3.38. The largest absolute Gasteiger partial charge is 0.420 e. The molecule has 0 fully saturated rings. The van der Waals surface area contributed by atoms with E-state index in [1.807, 2.05) is 0 Å². The van der Waals surface area contributed by atoms with E-state index in [1.165, 1.54) is 4.57 Å². The summed E-state index contributed by atoms with van der Waals surface area (Å²) in [6, 6.07) is 13.3. The quantitative estimate of drug-likeness (QED) is 0.412. The maximum atomic E-state index is 11.9. The van der Waals surface area contributed by atoms with Crippen molar-refractivity contribution < 1.29 is 14.0 Å². The third-order valence-electron chi connectivity index (χ3n) is 3.32. The van der Waals surface area contributed by atoms with Crippen molar-refractivity contribution in [1.82, 2.24) is 4.57 Å². The number of fused-ring (bicyclic) bond motifs is 1. The van der Waals surface area contributed by atoms with E-state index in [4.69, 9.17) is 20.9 Å². The molecule has 0 saturated heterocycles. The van der Waals surface area contributed by atoms with E-state index in [1.54, 1.807) is 55.5 Å². The molecule has 0 amide bonds. The Bertz CT molecular complexity index is 970. The van der Waals surface area contributed by atoms with Crippen LogP contribution in [0.2, 0.25) is 5.02 Å². The highest BCUT2D eigenvalue weighted by Gasteiger charge is 2.11. The average Bonchev–Trinajstić information content (AvgIpc) is 2.89. The van der Waals surface area contributed by atoms with Gasteiger partial charge in [-0.15, -0.1) is 0 Å². The predicted molar refractivity (Wildman–Crippen MR) is 90.5 cm³/mol. The predicted octanol–water partition coefficient (Wildman–Crippen LogP) is 3.48. The fourth-order valence-electron chi connectivity index (χ4n) is 2.18. The minimum Gasteiger partial charge on any atom is -0.408 e. The summed E-state index contributed by atoms with van der Waals surface area (Å²) < 4.78 is 6.56. The number of para-hydroxylation sites is 2. The Kier molecular flexibility index (Phi) is 4.48. The van der Waals surface area contributed by atoms with Crippen LogP contribution in [0.3, 0.4) is 0 Å². The molecule has 0 aliphatic heterocycles. The molecule has 3 rings (SSSR count). The first-order valence-electron chi connectivity index (χ1n) is 7.13. The van der Waals surface area contributed by atoms with Crippen molar-refractivity contribution in [3.05, 3.63) is 69.7 Å². The zero-order chi connectivity index (χ0) is 17.1. The highest BCUT2D eigenvalue weighted by Crippen LogP contribution is 2.12. The lowest BCUT2D eigenvalue weighted by Crippen LogP contribution is -2.19. The first-order chi connectivity index (χ1) is 11.5. The molecular weight excluding hydrogens is 332 g/mol. The van der Waals surface area contributed by atoms with Crippen molar-refractivity contribution in [2.75, 3.05) is 0 Å². The lowest BCUT2D eigenvalue weighted by Gasteiger charge is -2.02. The van der Waals surface area contributed by atoms with Crippen LogP contribution in [0.5, 0.6) is 0 Å². The van der Waals surface area contributed by atoms with Gasteiger partial charge in [0, 0.05) is 5.02 Å². The smallest absolute Gasteiger partial charge is 0.408 e. The standard InChI is InChI=1S/C17H13ClN2O4/c1-11(19-24-16(21)12-6-8-13(18)9-7-12)10-20-14-4-2-3-5-15(14)23-17(20)22/h2-9H,10H2,1H3/b19-11+. The normalized spacial score (nSPS) is 11.7. The molecule has 6 nitrogen and oxygen atoms in total. The molecule has 2 aromatic carbocycles. The Morgan fingerprint density at radius 3 is 2.67 bits per heavy atom. The molecule has 7 heteroatoms. The average molecular weight is 345 g/mol. The van der Waals surface area contributed by atoms with Crippen LogP contribution < -0.4 is 5.76 Å². The van der Waals surface area contributed by atoms with Crippen molar-refractivity contribution in [1.29, 1.82) is 0 Å². The van der Waals surface area contributed by atoms with Gasteiger partial charge in [-0.2, -0.15) is 0 Å². The summed E-state index contributed by atoms with van der Waals surface area (Å²) in [6.07, 6.45) is 0. The number of rotatable bonds is 4. The number of nitrogens with zero attached hydrogens (tertiary/aromatic N) is 2. The molecule has 24 heavy (non-hydrogen) atoms. The van der Waals surface area contributed by atoms with Gasteiger partial charge in [0.15, 0.2) is 5.58 Å². The summed E-state index contributed by atoms with van der Waals surface area (Å²) in [5.41, 5.74) is 1.93. The monoisotopic (exact) mass is 344 g/mol. The fourth-order valence-corrected chi connectivity index (χ4v) is 2.31. The van der Waals surface area contributed by atoms with Crippen LogP contribution in [-0.4, -0.2) is 16.2 Å². The SMILES string of the molecule is C/C(Cn1c(=O)oc2ccccc21)=N\OC(=O)c1ccc(Cl)cc1. The van der Waals surface area contributed by atoms with Gasteiger partial charge in [0.05, 0.1) is 23.3 Å². The number of carbonyl (C=O) groups is 1. The second kappa shape index (κ2) is 6.72. The number of hydrogen-bond donors (Lipinski definition) is 0. The van der Waals surface area contributed by atoms with Gasteiger partial charge in [-0.05, 0) is 43.3 Å². The van der Waals surface area contributed by atoms with Crippen molar-refractivity contribution in [3.8, 4) is 0 Å². The molecule has 0 bridgehead atoms. The molecule has 0 aliphatic carbocycles. The molecule has 0 spiro atoms. The molecule has 0 unspecified atom stereocenters. The first-order valence-corrected chi connectivity index (χ1v) is 7.51. The summed E-state index contributed by atoms with van der Waals surface area (Å²) in [6.45, 7) is 1.81. The molecule has 1 aromatic heterocycles. The van der Waals surface area contributed by atoms with Crippen molar-refractivity contribution >= 4 is 34.4 Å². The van der Waals surface area contributed by atoms with E-state index in [9.17, 15) is 9.59 Å². The molecule has 3 aromatic rings. The number of oxime groups is 1. The highest BCUT2D eigenvalue weighted by atomic mass is 35.5. The van der Waals surface area contributed by atoms with Gasteiger partial charge in [0.1, 0.15) is 0 Å². The van der Waals surface area contributed by atoms with E-state index in [2.05, 4.69) is 5.16 Å². The number of aromatic nitrogens is 1. The minimum atomic E-state index is -0.601. The number of oxazole rings is 1. The van der Waals surface area contributed by atoms with Crippen LogP contribution in [0.25, 0.3) is 11.1 Å². The van der Waals surface area contributed by atoms with Gasteiger partial charge in [-0.3, -0.25) is 4.57 Å². The maximum absolute atomic E-state index is 11.9. The van der Waals surface area contributed by atoms with Crippen molar-refractivity contribution in [2.45, 2.75) is 13.5 Å². The van der Waals surface area contributed by atoms with Gasteiger partial charge >= 0.3 is 11.7 Å². The Morgan fingerprint density at radius 2 is 1.92 bits per heavy atom. The molecule has 0 atom stereocenters. The topological polar surface area (TPSA) is 73.8 Å². The molecule has 122 valence electrons. The minimum absolute atomic E-state index is 0.156. The van der Waals surface area contributed by atoms with Gasteiger partial charge in [-0.25, -0.2) is 9.59 Å². The zero-order valence-corrected chi connectivity index (χ0v) is 13.5. The number of carbonyl (C=O) groups excluding carboxylic acids is 1. The van der Waals surface area contributed by atoms with E-state index >= 15 is 0 Å². The lowest BCUT2D eigenvalue weighted by atomic mass is 10.2. The zero-order valence-electron chi connectivity index (χ0n) is 12.7. The molecule has 0 aliphatic rings. The van der Waals surface area contributed by atoms with Gasteiger partial charge in [0.25, 0.3) is 0 Å². The Morgan fingerprint density at radius 1 is 1.21 bits per heavy atom. The number of hydrogen-bond acceptors (Lipinski definition) is 5. The van der Waals surface area contributed by atoms with E-state index in [0.717, 1.165) is 0 Å². The molecule has 1 heterocycles. The maximum Gasteiger partial charge on any atom is 0.420 e. The third-order valence-corrected chi connectivity index (χ3v) is 3.58. The van der Waals surface area contributed by atoms with Crippen molar-refractivity contribution in [2.24, 2.45) is 5.16 Å². The summed E-state index contributed by atoms with van der Waals surface area (Å²) in [5.74, 6) is -1.09. The summed E-state index contributed by atoms with van der Waals surface area (Å²) in [5, 5.41) is 4.30. The lowest BCUT2D eigenvalue weighted by molar-refractivity contribution is 0.0515. The van der Waals surface area contributed by atoms with E-state index in [-0.39, 0.29) is 6.54 Å². The molecular formula is C17H13ClN2O4. The Labute approximate surface area is 141 Å². The van der Waals surface area contributed by atoms with Gasteiger partial charge in [-0.1, -0.05) is 28.9 Å². The number of halogens is 1. The van der Waals surface area contributed by atoms with Crippen LogP contribution in [0, 0.1) is 0 Å². The highest BCUT2D eigenvalue weighted by molar-refractivity contribution is 6.30. The molecule has 0 N–H and O–H groups in total. The summed E-state index contributed by atoms with van der Waals surface area (Å²) >= 11 is 5.77. The second-order valence-electron chi connectivity index (χ2n) is 5.13. The van der Waals surface area contributed by atoms with Crippen LogP contribution in [-0.2, 0) is 11.4 Å². The summed E-state index contributed by atoms with van der Waals surface area (Å²) in [4.78, 5) is 28.7. The van der Waals surface area contributed by atoms with Crippen molar-refractivity contribution in [3.63, 3.8) is 0 Å². The molecule has 0 saturated carbocycles. The van der Waals surface area contributed by atoms with Crippen LogP contribution in [0.15, 0.2) is 62.9 Å². The Balaban J connectivity index is 1.74. The van der Waals surface area contributed by atoms with E-state index < -0.39 is 11.7 Å². The Hall–Kier alpha value is -2.86. The van der Waals surface area contributed by atoms with Crippen LogP contribution in [0.1, 0.15) is 17.3 Å². The fraction of sp³-hybridized carbons (Fsp3) is 0.118. The summed E-state index contributed by atoms with van der Waals surface area (Å²) in [7, 11) is 0.